The van der Waals surface area contributed by atoms with Gasteiger partial charge in [-0.1, -0.05) is 18.3 Å². The molecule has 0 atom stereocenters. The van der Waals surface area contributed by atoms with Crippen LogP contribution in [0.3, 0.4) is 0 Å². The molecule has 19 heavy (non-hydrogen) atoms. The van der Waals surface area contributed by atoms with Gasteiger partial charge in [0, 0.05) is 19.6 Å². The van der Waals surface area contributed by atoms with E-state index in [9.17, 15) is 13.2 Å². The zero-order chi connectivity index (χ0) is 14.5. The van der Waals surface area contributed by atoms with Gasteiger partial charge in [-0.15, -0.1) is 10.2 Å². The standard InChI is InChI=1S/C9H15ClN4O3S2/c1-3-14(19(2,16)17)6-4-5-11-7(15)8-12-13-9(10)18-8/h3-6H2,1-2H3,(H,11,15). The number of sulfonamides is 1. The van der Waals surface area contributed by atoms with Gasteiger partial charge in [-0.25, -0.2) is 12.7 Å². The van der Waals surface area contributed by atoms with E-state index in [2.05, 4.69) is 15.5 Å². The first kappa shape index (κ1) is 16.3. The summed E-state index contributed by atoms with van der Waals surface area (Å²) in [5.41, 5.74) is 0. The summed E-state index contributed by atoms with van der Waals surface area (Å²) in [4.78, 5) is 11.6. The molecule has 7 nitrogen and oxygen atoms in total. The molecular weight excluding hydrogens is 312 g/mol. The molecule has 0 aliphatic heterocycles. The van der Waals surface area contributed by atoms with Crippen molar-refractivity contribution in [2.45, 2.75) is 13.3 Å². The molecule has 1 N–H and O–H groups in total. The third-order valence-electron chi connectivity index (χ3n) is 2.29. The summed E-state index contributed by atoms with van der Waals surface area (Å²) in [7, 11) is -3.18. The Morgan fingerprint density at radius 2 is 2.16 bits per heavy atom. The molecular formula is C9H15ClN4O3S2. The number of aromatic nitrogens is 2. The SMILES string of the molecule is CCN(CCCNC(=O)c1nnc(Cl)s1)S(C)(=O)=O. The quantitative estimate of drug-likeness (QED) is 0.740. The van der Waals surface area contributed by atoms with Crippen molar-refractivity contribution in [3.05, 3.63) is 9.47 Å². The molecule has 0 unspecified atom stereocenters. The molecule has 1 amide bonds. The van der Waals surface area contributed by atoms with Crippen LogP contribution in [0.1, 0.15) is 23.1 Å². The Morgan fingerprint density at radius 3 is 2.63 bits per heavy atom. The second kappa shape index (κ2) is 7.13. The number of nitrogens with one attached hydrogen (secondary N) is 1. The van der Waals surface area contributed by atoms with Crippen LogP contribution in [-0.2, 0) is 10.0 Å². The molecule has 0 fully saturated rings. The topological polar surface area (TPSA) is 92.3 Å². The average Bonchev–Trinajstić information content (AvgIpc) is 2.74. The molecule has 0 saturated carbocycles. The summed E-state index contributed by atoms with van der Waals surface area (Å²) in [5.74, 6) is -0.355. The van der Waals surface area contributed by atoms with E-state index in [1.165, 1.54) is 4.31 Å². The van der Waals surface area contributed by atoms with Crippen molar-refractivity contribution in [2.24, 2.45) is 0 Å². The van der Waals surface area contributed by atoms with Gasteiger partial charge in [0.1, 0.15) is 0 Å². The zero-order valence-corrected chi connectivity index (χ0v) is 13.0. The monoisotopic (exact) mass is 326 g/mol. The van der Waals surface area contributed by atoms with E-state index >= 15 is 0 Å². The fourth-order valence-corrected chi connectivity index (χ4v) is 3.06. The van der Waals surface area contributed by atoms with Gasteiger partial charge < -0.3 is 5.32 Å². The van der Waals surface area contributed by atoms with Crippen LogP contribution in [0.5, 0.6) is 0 Å². The molecule has 0 radical (unpaired) electrons. The Labute approximate surface area is 121 Å². The van der Waals surface area contributed by atoms with E-state index < -0.39 is 10.0 Å². The first-order valence-electron chi connectivity index (χ1n) is 5.57. The summed E-state index contributed by atoms with van der Waals surface area (Å²) in [6.07, 6.45) is 1.69. The predicted octanol–water partition coefficient (Wildman–Crippen LogP) is 0.593. The van der Waals surface area contributed by atoms with Crippen LogP contribution in [0.4, 0.5) is 0 Å². The number of nitrogens with zero attached hydrogens (tertiary/aromatic N) is 3. The largest absolute Gasteiger partial charge is 0.350 e. The lowest BCUT2D eigenvalue weighted by atomic mass is 10.4. The highest BCUT2D eigenvalue weighted by atomic mass is 35.5. The van der Waals surface area contributed by atoms with Crippen LogP contribution < -0.4 is 5.32 Å². The van der Waals surface area contributed by atoms with Crippen molar-refractivity contribution in [3.8, 4) is 0 Å². The zero-order valence-electron chi connectivity index (χ0n) is 10.6. The smallest absolute Gasteiger partial charge is 0.282 e. The van der Waals surface area contributed by atoms with E-state index in [-0.39, 0.29) is 15.4 Å². The number of amides is 1. The first-order chi connectivity index (χ1) is 8.84. The van der Waals surface area contributed by atoms with Crippen LogP contribution in [0.2, 0.25) is 4.47 Å². The van der Waals surface area contributed by atoms with Gasteiger partial charge in [0.15, 0.2) is 0 Å². The number of carbonyl (C=O) groups excluding carboxylic acids is 1. The lowest BCUT2D eigenvalue weighted by molar-refractivity contribution is 0.0951. The van der Waals surface area contributed by atoms with Crippen molar-refractivity contribution in [1.29, 1.82) is 0 Å². The highest BCUT2D eigenvalue weighted by Gasteiger charge is 2.14. The molecule has 0 saturated heterocycles. The second-order valence-corrected chi connectivity index (χ2v) is 7.27. The van der Waals surface area contributed by atoms with Crippen molar-refractivity contribution in [3.63, 3.8) is 0 Å². The van der Waals surface area contributed by atoms with E-state index in [1.54, 1.807) is 6.92 Å². The first-order valence-corrected chi connectivity index (χ1v) is 8.61. The van der Waals surface area contributed by atoms with E-state index in [1.807, 2.05) is 0 Å². The number of hydrogen-bond donors (Lipinski definition) is 1. The van der Waals surface area contributed by atoms with Crippen LogP contribution in [-0.4, -0.2) is 54.7 Å². The van der Waals surface area contributed by atoms with Crippen molar-refractivity contribution < 1.29 is 13.2 Å². The minimum absolute atomic E-state index is 0.195. The molecule has 1 rings (SSSR count). The van der Waals surface area contributed by atoms with Crippen LogP contribution in [0.25, 0.3) is 0 Å². The predicted molar refractivity (Wildman–Crippen MR) is 74.0 cm³/mol. The lowest BCUT2D eigenvalue weighted by Crippen LogP contribution is -2.33. The molecule has 1 aromatic heterocycles. The Morgan fingerprint density at radius 1 is 1.47 bits per heavy atom. The van der Waals surface area contributed by atoms with Crippen LogP contribution >= 0.6 is 22.9 Å². The normalized spacial score (nSPS) is 11.8. The molecule has 108 valence electrons. The number of halogens is 1. The van der Waals surface area contributed by atoms with Crippen LogP contribution in [0, 0.1) is 0 Å². The van der Waals surface area contributed by atoms with Crippen LogP contribution in [0.15, 0.2) is 0 Å². The van der Waals surface area contributed by atoms with Gasteiger partial charge in [-0.3, -0.25) is 4.79 Å². The van der Waals surface area contributed by atoms with Crippen molar-refractivity contribution in [1.82, 2.24) is 19.8 Å². The summed E-state index contributed by atoms with van der Waals surface area (Å²) < 4.78 is 24.2. The van der Waals surface area contributed by atoms with Gasteiger partial charge in [0.2, 0.25) is 19.5 Å². The molecule has 0 aliphatic carbocycles. The van der Waals surface area contributed by atoms with Gasteiger partial charge in [0.05, 0.1) is 6.26 Å². The van der Waals surface area contributed by atoms with Crippen molar-refractivity contribution >= 4 is 38.9 Å². The highest BCUT2D eigenvalue weighted by molar-refractivity contribution is 7.88. The molecule has 1 heterocycles. The maximum Gasteiger partial charge on any atom is 0.282 e. The minimum atomic E-state index is -3.18. The summed E-state index contributed by atoms with van der Waals surface area (Å²) in [5, 5.41) is 9.96. The molecule has 0 spiro atoms. The molecule has 0 aliphatic rings. The minimum Gasteiger partial charge on any atom is -0.350 e. The lowest BCUT2D eigenvalue weighted by Gasteiger charge is -2.17. The molecule has 10 heteroatoms. The summed E-state index contributed by atoms with van der Waals surface area (Å²) in [6.45, 7) is 2.91. The maximum atomic E-state index is 11.6. The molecule has 0 aromatic carbocycles. The Bertz CT molecular complexity index is 531. The fraction of sp³-hybridized carbons (Fsp3) is 0.667. The molecule has 0 bridgehead atoms. The maximum absolute atomic E-state index is 11.6. The van der Waals surface area contributed by atoms with Gasteiger partial charge in [-0.05, 0) is 18.0 Å². The van der Waals surface area contributed by atoms with E-state index in [0.29, 0.717) is 26.1 Å². The number of rotatable bonds is 7. The summed E-state index contributed by atoms with van der Waals surface area (Å²) >= 11 is 6.56. The fourth-order valence-electron chi connectivity index (χ4n) is 1.39. The molecule has 1 aromatic rings. The summed E-state index contributed by atoms with van der Waals surface area (Å²) in [6, 6.07) is 0. The third kappa shape index (κ3) is 5.39. The van der Waals surface area contributed by atoms with E-state index in [4.69, 9.17) is 11.6 Å². The Balaban J connectivity index is 2.33. The third-order valence-corrected chi connectivity index (χ3v) is 4.68. The van der Waals surface area contributed by atoms with Gasteiger partial charge in [-0.2, -0.15) is 0 Å². The number of carbonyl (C=O) groups is 1. The van der Waals surface area contributed by atoms with E-state index in [0.717, 1.165) is 17.6 Å². The van der Waals surface area contributed by atoms with Gasteiger partial charge in [0.25, 0.3) is 5.91 Å². The second-order valence-electron chi connectivity index (χ2n) is 3.72. The van der Waals surface area contributed by atoms with Crippen molar-refractivity contribution in [2.75, 3.05) is 25.9 Å². The van der Waals surface area contributed by atoms with Gasteiger partial charge >= 0.3 is 0 Å². The Hall–Kier alpha value is -0.770. The highest BCUT2D eigenvalue weighted by Crippen LogP contribution is 2.14. The average molecular weight is 327 g/mol. The number of hydrogen-bond acceptors (Lipinski definition) is 6. The Kier molecular flexibility index (Phi) is 6.11.